The smallest absolute Gasteiger partial charge is 0.227 e. The third-order valence-corrected chi connectivity index (χ3v) is 3.88. The molecule has 0 fully saturated rings. The highest BCUT2D eigenvalue weighted by Gasteiger charge is 2.12. The van der Waals surface area contributed by atoms with Crippen molar-refractivity contribution in [1.82, 2.24) is 14.8 Å². The molecule has 0 saturated carbocycles. The zero-order valence-electron chi connectivity index (χ0n) is 10.7. The molecule has 4 nitrogen and oxygen atoms in total. The lowest BCUT2D eigenvalue weighted by Crippen LogP contribution is -2.34. The minimum absolute atomic E-state index is 0.139. The maximum absolute atomic E-state index is 12.0. The number of rotatable bonds is 5. The summed E-state index contributed by atoms with van der Waals surface area (Å²) in [5.41, 5.74) is 1.01. The van der Waals surface area contributed by atoms with E-state index in [0.717, 1.165) is 27.6 Å². The van der Waals surface area contributed by atoms with Gasteiger partial charge in [0.05, 0.1) is 6.42 Å². The zero-order valence-corrected chi connectivity index (χ0v) is 12.4. The molecule has 1 N–H and O–H groups in total. The van der Waals surface area contributed by atoms with E-state index >= 15 is 0 Å². The lowest BCUT2D eigenvalue weighted by Gasteiger charge is -2.19. The molecule has 0 radical (unpaired) electrons. The van der Waals surface area contributed by atoms with Crippen LogP contribution in [0.1, 0.15) is 10.6 Å². The van der Waals surface area contributed by atoms with Crippen LogP contribution in [-0.2, 0) is 11.2 Å². The quantitative estimate of drug-likeness (QED) is 0.830. The fourth-order valence-corrected chi connectivity index (χ4v) is 2.63. The number of aromatic nitrogens is 1. The van der Waals surface area contributed by atoms with Crippen molar-refractivity contribution < 1.29 is 4.79 Å². The number of aryl methyl sites for hydroxylation is 1. The van der Waals surface area contributed by atoms with Gasteiger partial charge in [-0.1, -0.05) is 0 Å². The van der Waals surface area contributed by atoms with Gasteiger partial charge in [-0.15, -0.1) is 11.3 Å². The Morgan fingerprint density at radius 3 is 2.47 bits per heavy atom. The molecule has 1 aromatic rings. The van der Waals surface area contributed by atoms with Gasteiger partial charge in [-0.2, -0.15) is 0 Å². The molecule has 1 aromatic heterocycles. The van der Waals surface area contributed by atoms with Crippen molar-refractivity contribution in [2.75, 3.05) is 34.2 Å². The Labute approximate surface area is 111 Å². The number of hydrogen-bond donors (Lipinski definition) is 1. The summed E-state index contributed by atoms with van der Waals surface area (Å²) in [6.45, 7) is 3.58. The normalized spacial score (nSPS) is 10.9. The number of amides is 1. The highest BCUT2D eigenvalue weighted by molar-refractivity contribution is 7.73. The first kappa shape index (κ1) is 14.3. The topological polar surface area (TPSA) is 39.3 Å². The molecule has 0 aliphatic rings. The summed E-state index contributed by atoms with van der Waals surface area (Å²) in [6.07, 6.45) is 0.438. The highest BCUT2D eigenvalue weighted by atomic mass is 32.1. The van der Waals surface area contributed by atoms with E-state index in [0.29, 0.717) is 6.42 Å². The van der Waals surface area contributed by atoms with Crippen molar-refractivity contribution in [2.24, 2.45) is 0 Å². The first-order valence-corrected chi connectivity index (χ1v) is 6.70. The summed E-state index contributed by atoms with van der Waals surface area (Å²) in [7, 11) is 5.84. The maximum atomic E-state index is 12.0. The second-order valence-corrected chi connectivity index (χ2v) is 6.13. The van der Waals surface area contributed by atoms with E-state index < -0.39 is 0 Å². The lowest BCUT2D eigenvalue weighted by atomic mass is 10.3. The minimum Gasteiger partial charge on any atom is -0.344 e. The summed E-state index contributed by atoms with van der Waals surface area (Å²) in [5.74, 6) is 0.139. The molecular weight excluding hydrogens is 254 g/mol. The van der Waals surface area contributed by atoms with E-state index in [1.165, 1.54) is 11.3 Å². The van der Waals surface area contributed by atoms with Crippen LogP contribution < -0.4 is 0 Å². The molecule has 1 rings (SSSR count). The van der Waals surface area contributed by atoms with E-state index in [2.05, 4.69) is 9.88 Å². The molecule has 0 aromatic carbocycles. The Hall–Kier alpha value is -0.720. The van der Waals surface area contributed by atoms with Crippen LogP contribution in [0.15, 0.2) is 0 Å². The molecule has 1 heterocycles. The van der Waals surface area contributed by atoms with Crippen molar-refractivity contribution in [3.05, 3.63) is 14.5 Å². The van der Waals surface area contributed by atoms with Crippen LogP contribution in [-0.4, -0.2) is 54.9 Å². The minimum atomic E-state index is 0.139. The number of carbonyl (C=O) groups is 1. The van der Waals surface area contributed by atoms with Crippen LogP contribution >= 0.6 is 23.6 Å². The Morgan fingerprint density at radius 1 is 1.35 bits per heavy atom. The SMILES string of the molecule is Cc1[nH]c(=S)sc1CC(=O)N(C)CCN(C)C. The third-order valence-electron chi connectivity index (χ3n) is 2.54. The number of hydrogen-bond acceptors (Lipinski definition) is 4. The maximum Gasteiger partial charge on any atom is 0.227 e. The van der Waals surface area contributed by atoms with E-state index in [1.807, 2.05) is 28.1 Å². The van der Waals surface area contributed by atoms with Gasteiger partial charge in [0.25, 0.3) is 0 Å². The van der Waals surface area contributed by atoms with Crippen LogP contribution in [0.4, 0.5) is 0 Å². The van der Waals surface area contributed by atoms with Gasteiger partial charge >= 0.3 is 0 Å². The average Bonchev–Trinajstić information content (AvgIpc) is 2.53. The molecule has 1 amide bonds. The van der Waals surface area contributed by atoms with Crippen LogP contribution in [0.25, 0.3) is 0 Å². The van der Waals surface area contributed by atoms with Gasteiger partial charge in [0.15, 0.2) is 3.95 Å². The fourth-order valence-electron chi connectivity index (χ4n) is 1.35. The predicted molar refractivity (Wildman–Crippen MR) is 74.1 cm³/mol. The number of thiazole rings is 1. The van der Waals surface area contributed by atoms with Gasteiger partial charge in [0.1, 0.15) is 0 Å². The number of carbonyl (C=O) groups excluding carboxylic acids is 1. The predicted octanol–water partition coefficient (Wildman–Crippen LogP) is 1.68. The van der Waals surface area contributed by atoms with E-state index in [4.69, 9.17) is 12.2 Å². The molecule has 0 aliphatic carbocycles. The molecule has 17 heavy (non-hydrogen) atoms. The summed E-state index contributed by atoms with van der Waals surface area (Å²) in [6, 6.07) is 0. The number of nitrogens with one attached hydrogen (secondary N) is 1. The zero-order chi connectivity index (χ0) is 13.0. The second kappa shape index (κ2) is 6.28. The van der Waals surface area contributed by atoms with Gasteiger partial charge < -0.3 is 14.8 Å². The summed E-state index contributed by atoms with van der Waals surface area (Å²) in [4.78, 5) is 19.9. The van der Waals surface area contributed by atoms with Crippen LogP contribution in [0, 0.1) is 10.9 Å². The molecular formula is C11H19N3OS2. The number of nitrogens with zero attached hydrogens (tertiary/aromatic N) is 2. The van der Waals surface area contributed by atoms with Gasteiger partial charge in [-0.05, 0) is 33.2 Å². The van der Waals surface area contributed by atoms with Gasteiger partial charge in [0.2, 0.25) is 5.91 Å². The molecule has 0 spiro atoms. The number of likely N-dealkylation sites (N-methyl/N-ethyl adjacent to an activating group) is 2. The van der Waals surface area contributed by atoms with E-state index in [9.17, 15) is 4.79 Å². The van der Waals surface area contributed by atoms with Crippen molar-refractivity contribution in [3.63, 3.8) is 0 Å². The van der Waals surface area contributed by atoms with Crippen molar-refractivity contribution in [1.29, 1.82) is 0 Å². The molecule has 0 atom stereocenters. The summed E-state index contributed by atoms with van der Waals surface area (Å²) < 4.78 is 0.737. The molecule has 0 aliphatic heterocycles. The van der Waals surface area contributed by atoms with Gasteiger partial charge in [-0.25, -0.2) is 0 Å². The Kier molecular flexibility index (Phi) is 5.30. The van der Waals surface area contributed by atoms with Crippen molar-refractivity contribution in [3.8, 4) is 0 Å². The fraction of sp³-hybridized carbons (Fsp3) is 0.636. The standard InChI is InChI=1S/C11H19N3OS2/c1-8-9(17-11(16)12-8)7-10(15)14(4)6-5-13(2)3/h5-7H2,1-4H3,(H,12,16). The van der Waals surface area contributed by atoms with Gasteiger partial charge in [-0.3, -0.25) is 4.79 Å². The Bertz CT molecular complexity index is 436. The first-order valence-electron chi connectivity index (χ1n) is 5.47. The summed E-state index contributed by atoms with van der Waals surface area (Å²) >= 11 is 6.54. The highest BCUT2D eigenvalue weighted by Crippen LogP contribution is 2.15. The average molecular weight is 273 g/mol. The number of aromatic amines is 1. The van der Waals surface area contributed by atoms with Gasteiger partial charge in [0, 0.05) is 30.7 Å². The largest absolute Gasteiger partial charge is 0.344 e. The monoisotopic (exact) mass is 273 g/mol. The molecule has 0 saturated heterocycles. The molecule has 96 valence electrons. The van der Waals surface area contributed by atoms with Crippen LogP contribution in [0.5, 0.6) is 0 Å². The van der Waals surface area contributed by atoms with E-state index in [-0.39, 0.29) is 5.91 Å². The molecule has 6 heteroatoms. The van der Waals surface area contributed by atoms with E-state index in [1.54, 1.807) is 4.90 Å². The Balaban J connectivity index is 2.54. The molecule has 0 unspecified atom stereocenters. The summed E-state index contributed by atoms with van der Waals surface area (Å²) in [5, 5.41) is 0. The number of H-pyrrole nitrogens is 1. The van der Waals surface area contributed by atoms with Crippen LogP contribution in [0.2, 0.25) is 0 Å². The van der Waals surface area contributed by atoms with Crippen molar-refractivity contribution in [2.45, 2.75) is 13.3 Å². The second-order valence-electron chi connectivity index (χ2n) is 4.36. The van der Waals surface area contributed by atoms with Crippen LogP contribution in [0.3, 0.4) is 0 Å². The lowest BCUT2D eigenvalue weighted by molar-refractivity contribution is -0.129. The third kappa shape index (κ3) is 4.57. The Morgan fingerprint density at radius 2 is 2.00 bits per heavy atom. The first-order chi connectivity index (χ1) is 7.90. The molecule has 0 bridgehead atoms. The van der Waals surface area contributed by atoms with Crippen molar-refractivity contribution >= 4 is 29.5 Å².